The van der Waals surface area contributed by atoms with Crippen LogP contribution in [0.3, 0.4) is 0 Å². The number of hydrogen-bond acceptors (Lipinski definition) is 0. The van der Waals surface area contributed by atoms with Gasteiger partial charge in [0.25, 0.3) is 0 Å². The minimum absolute atomic E-state index is 0.150. The molecule has 32 heavy (non-hydrogen) atoms. The quantitative estimate of drug-likeness (QED) is 0.295. The van der Waals surface area contributed by atoms with Crippen molar-refractivity contribution >= 4 is 34.6 Å². The Labute approximate surface area is 210 Å². The van der Waals surface area contributed by atoms with Crippen LogP contribution in [-0.2, 0) is 0 Å². The van der Waals surface area contributed by atoms with E-state index in [1.807, 2.05) is 0 Å². The molecule has 0 nitrogen and oxygen atoms in total. The Morgan fingerprint density at radius 3 is 0.750 bits per heavy atom. The van der Waals surface area contributed by atoms with Crippen LogP contribution in [-0.4, -0.2) is 25.8 Å². The molecule has 0 N–H and O–H groups in total. The van der Waals surface area contributed by atoms with E-state index in [-0.39, 0.29) is 25.8 Å². The predicted octanol–water partition coefficient (Wildman–Crippen LogP) is 7.70. The second kappa shape index (κ2) is 11.8. The number of rotatable bonds is 8. The molecule has 0 aliphatic carbocycles. The normalized spacial score (nSPS) is 12.7. The van der Waals surface area contributed by atoms with Gasteiger partial charge >= 0.3 is 211 Å². The zero-order valence-electron chi connectivity index (χ0n) is 22.8. The molecule has 0 saturated carbocycles. The standard InChI is InChI=1S/C30H46Ge2/c1-17(2)23-13-25(19(5)6)29(26(14-23)20(7)8)31-32-30-27(21(9)10)15-24(18(3)4)16-28(30)22(11)12/h13-22H,1-12H3. The molecule has 0 aliphatic heterocycles. The Morgan fingerprint density at radius 1 is 0.375 bits per heavy atom. The molecule has 0 amide bonds. The number of benzene rings is 2. The summed E-state index contributed by atoms with van der Waals surface area (Å²) in [4.78, 5) is 0. The van der Waals surface area contributed by atoms with Crippen molar-refractivity contribution in [2.45, 2.75) is 119 Å². The van der Waals surface area contributed by atoms with Crippen LogP contribution in [0.4, 0.5) is 0 Å². The second-order valence-corrected chi connectivity index (χ2v) is 19.9. The summed E-state index contributed by atoms with van der Waals surface area (Å²) in [5.74, 6) is 3.61. The van der Waals surface area contributed by atoms with E-state index in [4.69, 9.17) is 0 Å². The molecule has 0 fully saturated rings. The van der Waals surface area contributed by atoms with E-state index in [1.165, 1.54) is 11.1 Å². The first-order valence-electron chi connectivity index (χ1n) is 12.7. The van der Waals surface area contributed by atoms with Gasteiger partial charge in [0.1, 0.15) is 0 Å². The molecular weight excluding hydrogens is 506 g/mol. The first kappa shape index (κ1) is 27.8. The molecule has 2 radical (unpaired) electrons. The van der Waals surface area contributed by atoms with Crippen LogP contribution in [0, 0.1) is 0 Å². The van der Waals surface area contributed by atoms with E-state index in [1.54, 1.807) is 31.0 Å². The molecule has 2 aromatic carbocycles. The summed E-state index contributed by atoms with van der Waals surface area (Å²) < 4.78 is 3.58. The third-order valence-corrected chi connectivity index (χ3v) is 17.1. The molecule has 0 bridgehead atoms. The Hall–Kier alpha value is -0.474. The fraction of sp³-hybridized carbons (Fsp3) is 0.600. The van der Waals surface area contributed by atoms with Gasteiger partial charge in [-0.1, -0.05) is 0 Å². The molecule has 2 heteroatoms. The molecule has 0 spiro atoms. The van der Waals surface area contributed by atoms with Crippen molar-refractivity contribution in [3.05, 3.63) is 57.6 Å². The van der Waals surface area contributed by atoms with E-state index in [9.17, 15) is 0 Å². The van der Waals surface area contributed by atoms with Gasteiger partial charge in [-0.15, -0.1) is 0 Å². The van der Waals surface area contributed by atoms with Gasteiger partial charge in [-0.3, -0.25) is 0 Å². The molecule has 0 saturated heterocycles. The maximum absolute atomic E-state index is 2.56. The van der Waals surface area contributed by atoms with Gasteiger partial charge in [0.2, 0.25) is 0 Å². The van der Waals surface area contributed by atoms with Gasteiger partial charge in [0.15, 0.2) is 0 Å². The average Bonchev–Trinajstić information content (AvgIpc) is 2.70. The first-order chi connectivity index (χ1) is 14.8. The molecular formula is C30H46Ge2. The zero-order valence-corrected chi connectivity index (χ0v) is 27.0. The molecule has 0 heterocycles. The van der Waals surface area contributed by atoms with E-state index in [0.717, 1.165) is 0 Å². The predicted molar refractivity (Wildman–Crippen MR) is 148 cm³/mol. The molecule has 0 atom stereocenters. The van der Waals surface area contributed by atoms with Gasteiger partial charge in [-0.05, 0) is 0 Å². The monoisotopic (exact) mass is 554 g/mol. The van der Waals surface area contributed by atoms with Crippen molar-refractivity contribution in [1.29, 1.82) is 0 Å². The summed E-state index contributed by atoms with van der Waals surface area (Å²) in [7, 11) is 0. The zero-order chi connectivity index (χ0) is 24.3. The molecule has 0 unspecified atom stereocenters. The fourth-order valence-electron chi connectivity index (χ4n) is 4.33. The van der Waals surface area contributed by atoms with Crippen LogP contribution >= 0.6 is 0 Å². The second-order valence-electron chi connectivity index (χ2n) is 11.3. The molecule has 2 aromatic rings. The maximum atomic E-state index is 2.56. The number of hydrogen-bond donors (Lipinski definition) is 0. The minimum atomic E-state index is -0.150. The van der Waals surface area contributed by atoms with Crippen molar-refractivity contribution in [3.63, 3.8) is 0 Å². The summed E-state index contributed by atoms with van der Waals surface area (Å²) in [5, 5.41) is 0. The van der Waals surface area contributed by atoms with Crippen LogP contribution in [0.5, 0.6) is 0 Å². The van der Waals surface area contributed by atoms with Crippen molar-refractivity contribution in [3.8, 4) is 0 Å². The molecule has 174 valence electrons. The third kappa shape index (κ3) is 6.56. The molecule has 0 aliphatic rings. The SMILES string of the molecule is CC(C)c1cc(C(C)C)[c]([Ge]=[Ge][c]2c(C(C)C)cc(C(C)C)cc2C(C)C)c(C(C)C)c1. The van der Waals surface area contributed by atoms with E-state index in [2.05, 4.69) is 107 Å². The van der Waals surface area contributed by atoms with Gasteiger partial charge in [-0.25, -0.2) is 0 Å². The van der Waals surface area contributed by atoms with Gasteiger partial charge in [0.05, 0.1) is 0 Å². The Morgan fingerprint density at radius 2 is 0.594 bits per heavy atom. The van der Waals surface area contributed by atoms with Crippen LogP contribution in [0.25, 0.3) is 0 Å². The summed E-state index contributed by atoms with van der Waals surface area (Å²) in [6, 6.07) is 10.2. The van der Waals surface area contributed by atoms with Crippen molar-refractivity contribution < 1.29 is 0 Å². The van der Waals surface area contributed by atoms with Crippen molar-refractivity contribution in [2.24, 2.45) is 0 Å². The topological polar surface area (TPSA) is 0 Å². The van der Waals surface area contributed by atoms with Gasteiger partial charge in [-0.2, -0.15) is 0 Å². The van der Waals surface area contributed by atoms with Crippen molar-refractivity contribution in [1.82, 2.24) is 0 Å². The van der Waals surface area contributed by atoms with E-state index < -0.39 is 0 Å². The van der Waals surface area contributed by atoms with E-state index in [0.29, 0.717) is 35.5 Å². The Kier molecular flexibility index (Phi) is 10.2. The summed E-state index contributed by atoms with van der Waals surface area (Å²) in [6.45, 7) is 28.6. The van der Waals surface area contributed by atoms with Gasteiger partial charge < -0.3 is 0 Å². The van der Waals surface area contributed by atoms with Crippen LogP contribution in [0.15, 0.2) is 24.3 Å². The average molecular weight is 552 g/mol. The Bertz CT molecular complexity index is 808. The summed E-state index contributed by atoms with van der Waals surface area (Å²) >= 11 is -0.300. The third-order valence-electron chi connectivity index (χ3n) is 6.58. The van der Waals surface area contributed by atoms with Crippen LogP contribution in [0.2, 0.25) is 0 Å². The fourth-order valence-corrected chi connectivity index (χ4v) is 18.1. The van der Waals surface area contributed by atoms with Crippen LogP contribution < -0.4 is 8.79 Å². The first-order valence-corrected chi connectivity index (χ1v) is 21.3. The van der Waals surface area contributed by atoms with Crippen LogP contribution in [0.1, 0.15) is 152 Å². The summed E-state index contributed by atoms with van der Waals surface area (Å²) in [6.07, 6.45) is 0. The van der Waals surface area contributed by atoms with E-state index >= 15 is 0 Å². The van der Waals surface area contributed by atoms with Crippen molar-refractivity contribution in [2.75, 3.05) is 0 Å². The molecule has 2 rings (SSSR count). The van der Waals surface area contributed by atoms with Gasteiger partial charge in [0, 0.05) is 0 Å². The Balaban J connectivity index is 2.79. The molecule has 0 aromatic heterocycles. The summed E-state index contributed by atoms with van der Waals surface area (Å²) in [5.41, 5.74) is 9.66.